The van der Waals surface area contributed by atoms with Gasteiger partial charge in [-0.05, 0) is 48.7 Å². The Morgan fingerprint density at radius 1 is 1.00 bits per heavy atom. The van der Waals surface area contributed by atoms with Gasteiger partial charge in [0.25, 0.3) is 11.7 Å². The van der Waals surface area contributed by atoms with E-state index in [1.807, 2.05) is 65.2 Å². The summed E-state index contributed by atoms with van der Waals surface area (Å²) in [7, 11) is 0. The molecule has 0 saturated heterocycles. The van der Waals surface area contributed by atoms with E-state index in [9.17, 15) is 9.18 Å². The first-order valence-corrected chi connectivity index (χ1v) is 9.33. The van der Waals surface area contributed by atoms with Crippen LogP contribution < -0.4 is 9.72 Å². The predicted octanol–water partition coefficient (Wildman–Crippen LogP) is 3.98. The topological polar surface area (TPSA) is 49.0 Å². The molecule has 1 fully saturated rings. The van der Waals surface area contributed by atoms with Crippen LogP contribution in [0.4, 0.5) is 4.39 Å². The molecule has 5 rings (SSSR count). The first kappa shape index (κ1) is 16.7. The number of pyridine rings is 1. The van der Waals surface area contributed by atoms with Crippen molar-refractivity contribution in [2.75, 3.05) is 0 Å². The minimum atomic E-state index is -0.316. The van der Waals surface area contributed by atoms with Crippen molar-refractivity contribution in [3.05, 3.63) is 96.1 Å². The summed E-state index contributed by atoms with van der Waals surface area (Å²) in [5, 5.41) is 3.21. The molecule has 1 saturated carbocycles. The van der Waals surface area contributed by atoms with Gasteiger partial charge in [-0.1, -0.05) is 42.5 Å². The molecule has 1 aliphatic rings. The number of rotatable bonds is 4. The van der Waals surface area contributed by atoms with Gasteiger partial charge in [0.1, 0.15) is 5.82 Å². The van der Waals surface area contributed by atoms with Crippen LogP contribution in [0, 0.1) is 5.82 Å². The Labute approximate surface area is 161 Å². The van der Waals surface area contributed by atoms with Crippen molar-refractivity contribution < 1.29 is 13.6 Å². The average molecular weight is 372 g/mol. The molecule has 2 N–H and O–H groups in total. The molecule has 2 heterocycles. The summed E-state index contributed by atoms with van der Waals surface area (Å²) < 4.78 is 15.6. The van der Waals surface area contributed by atoms with E-state index in [0.717, 1.165) is 23.9 Å². The van der Waals surface area contributed by atoms with Crippen molar-refractivity contribution in [1.82, 2.24) is 10.3 Å². The fourth-order valence-electron chi connectivity index (χ4n) is 3.75. The number of nitrogens with one attached hydrogen (secondary N) is 2. The zero-order valence-electron chi connectivity index (χ0n) is 15.2. The van der Waals surface area contributed by atoms with E-state index in [1.54, 1.807) is 6.07 Å². The highest BCUT2D eigenvalue weighted by atomic mass is 19.1. The highest BCUT2D eigenvalue weighted by molar-refractivity contribution is 5.99. The number of fused-ring (bicyclic) bond motifs is 1. The van der Waals surface area contributed by atoms with Crippen LogP contribution in [-0.4, -0.2) is 10.9 Å². The molecule has 4 aromatic rings. The van der Waals surface area contributed by atoms with Gasteiger partial charge in [-0.2, -0.15) is 4.40 Å². The molecule has 0 aliphatic heterocycles. The predicted molar refractivity (Wildman–Crippen MR) is 104 cm³/mol. The van der Waals surface area contributed by atoms with Crippen LogP contribution >= 0.6 is 0 Å². The van der Waals surface area contributed by atoms with Crippen LogP contribution in [0.25, 0.3) is 16.9 Å². The van der Waals surface area contributed by atoms with Crippen molar-refractivity contribution >= 4 is 11.4 Å². The minimum absolute atomic E-state index is 0.160. The number of H-pyrrole nitrogens is 1. The Hall–Kier alpha value is -3.47. The molecule has 1 aliphatic carbocycles. The molecule has 4 nitrogen and oxygen atoms in total. The van der Waals surface area contributed by atoms with Crippen molar-refractivity contribution in [3.63, 3.8) is 0 Å². The van der Waals surface area contributed by atoms with Crippen LogP contribution in [-0.2, 0) is 5.54 Å². The number of aromatic amines is 1. The molecule has 0 spiro atoms. The van der Waals surface area contributed by atoms with Crippen molar-refractivity contribution in [2.45, 2.75) is 18.4 Å². The molecular weight excluding hydrogens is 353 g/mol. The van der Waals surface area contributed by atoms with Crippen LogP contribution in [0.2, 0.25) is 0 Å². The Kier molecular flexibility index (Phi) is 3.76. The van der Waals surface area contributed by atoms with Gasteiger partial charge in [0.05, 0.1) is 17.3 Å². The van der Waals surface area contributed by atoms with Crippen molar-refractivity contribution in [1.29, 1.82) is 0 Å². The monoisotopic (exact) mass is 372 g/mol. The Morgan fingerprint density at radius 3 is 2.54 bits per heavy atom. The van der Waals surface area contributed by atoms with Crippen molar-refractivity contribution in [2.24, 2.45) is 0 Å². The van der Waals surface area contributed by atoms with Crippen LogP contribution in [0.15, 0.2) is 79.0 Å². The number of carbonyl (C=O) groups excluding carboxylic acids is 1. The van der Waals surface area contributed by atoms with Gasteiger partial charge in [0, 0.05) is 0 Å². The zero-order valence-corrected chi connectivity index (χ0v) is 15.2. The lowest BCUT2D eigenvalue weighted by molar-refractivity contribution is -0.498. The fraction of sp³-hybridized carbons (Fsp3) is 0.130. The largest absolute Gasteiger partial charge is 0.339 e. The summed E-state index contributed by atoms with van der Waals surface area (Å²) >= 11 is 0. The third-order valence-corrected chi connectivity index (χ3v) is 5.35. The summed E-state index contributed by atoms with van der Waals surface area (Å²) in [4.78, 5) is 16.4. The second-order valence-electron chi connectivity index (χ2n) is 7.22. The van der Waals surface area contributed by atoms with Crippen LogP contribution in [0.1, 0.15) is 28.9 Å². The molecule has 0 bridgehead atoms. The highest BCUT2D eigenvalue weighted by Crippen LogP contribution is 2.45. The van der Waals surface area contributed by atoms with Gasteiger partial charge in [-0.3, -0.25) is 4.79 Å². The summed E-state index contributed by atoms with van der Waals surface area (Å²) in [5.41, 5.74) is 2.74. The number of carbonyl (C=O) groups is 1. The van der Waals surface area contributed by atoms with Gasteiger partial charge in [0.15, 0.2) is 5.52 Å². The minimum Gasteiger partial charge on any atom is -0.339 e. The average Bonchev–Trinajstić information content (AvgIpc) is 3.40. The number of imidazole rings is 1. The number of aromatic nitrogens is 2. The maximum atomic E-state index is 13.7. The molecule has 28 heavy (non-hydrogen) atoms. The third kappa shape index (κ3) is 2.76. The molecule has 5 heteroatoms. The molecule has 2 aromatic carbocycles. The van der Waals surface area contributed by atoms with Gasteiger partial charge in [-0.15, -0.1) is 0 Å². The summed E-state index contributed by atoms with van der Waals surface area (Å²) in [6.45, 7) is 0. The quantitative estimate of drug-likeness (QED) is 0.523. The van der Waals surface area contributed by atoms with Crippen LogP contribution in [0.5, 0.6) is 0 Å². The van der Waals surface area contributed by atoms with E-state index in [4.69, 9.17) is 0 Å². The van der Waals surface area contributed by atoms with E-state index in [1.165, 1.54) is 12.1 Å². The molecule has 1 amide bonds. The Balaban J connectivity index is 1.56. The lowest BCUT2D eigenvalue weighted by Crippen LogP contribution is -2.35. The normalized spacial score (nSPS) is 14.8. The van der Waals surface area contributed by atoms with Gasteiger partial charge < -0.3 is 5.32 Å². The standard InChI is InChI=1S/C23H18FN3O/c24-18-10-6-7-16(15-18)21-25-20(19-11-4-5-14-27(19)21)22(28)26-23(12-13-23)17-8-2-1-3-9-17/h1-11,14-15H,12-13H2,(H,26,28)/p+1. The van der Waals surface area contributed by atoms with Gasteiger partial charge in [0.2, 0.25) is 5.69 Å². The second kappa shape index (κ2) is 6.30. The molecular formula is C23H19FN3O+. The first-order valence-electron chi connectivity index (χ1n) is 9.33. The smallest absolute Gasteiger partial charge is 0.296 e. The maximum Gasteiger partial charge on any atom is 0.296 e. The van der Waals surface area contributed by atoms with E-state index in [2.05, 4.69) is 10.3 Å². The lowest BCUT2D eigenvalue weighted by Gasteiger charge is -2.16. The Morgan fingerprint density at radius 2 is 1.79 bits per heavy atom. The van der Waals surface area contributed by atoms with E-state index >= 15 is 0 Å². The highest BCUT2D eigenvalue weighted by Gasteiger charge is 2.46. The molecule has 0 radical (unpaired) electrons. The molecule has 0 unspecified atom stereocenters. The molecule has 2 aromatic heterocycles. The van der Waals surface area contributed by atoms with E-state index < -0.39 is 0 Å². The fourth-order valence-corrected chi connectivity index (χ4v) is 3.75. The summed E-state index contributed by atoms with van der Waals surface area (Å²) in [6, 6.07) is 22.1. The van der Waals surface area contributed by atoms with E-state index in [0.29, 0.717) is 17.1 Å². The second-order valence-corrected chi connectivity index (χ2v) is 7.22. The van der Waals surface area contributed by atoms with E-state index in [-0.39, 0.29) is 17.3 Å². The first-order chi connectivity index (χ1) is 13.7. The number of amides is 1. The number of nitrogens with zero attached hydrogens (tertiary/aromatic N) is 1. The number of hydrogen-bond donors (Lipinski definition) is 2. The molecule has 0 atom stereocenters. The Bertz CT molecular complexity index is 1180. The zero-order chi connectivity index (χ0) is 19.1. The SMILES string of the molecule is O=C(NC1(c2ccccc2)CC1)c1[nH]c(-c2cccc(F)c2)[n+]2ccccc12. The number of halogens is 1. The molecule has 138 valence electrons. The number of benzene rings is 2. The van der Waals surface area contributed by atoms with Crippen LogP contribution in [0.3, 0.4) is 0 Å². The third-order valence-electron chi connectivity index (χ3n) is 5.35. The summed E-state index contributed by atoms with van der Waals surface area (Å²) in [6.07, 6.45) is 3.71. The number of hydrogen-bond acceptors (Lipinski definition) is 1. The van der Waals surface area contributed by atoms with Gasteiger partial charge in [-0.25, -0.2) is 9.37 Å². The maximum absolute atomic E-state index is 13.7. The lowest BCUT2D eigenvalue weighted by atomic mass is 10.0. The summed E-state index contributed by atoms with van der Waals surface area (Å²) in [5.74, 6) is 0.196. The van der Waals surface area contributed by atoms with Crippen molar-refractivity contribution in [3.8, 4) is 11.4 Å². The van der Waals surface area contributed by atoms with Gasteiger partial charge >= 0.3 is 0 Å².